The molecule has 7 heteroatoms. The number of benzene rings is 1. The van der Waals surface area contributed by atoms with Gasteiger partial charge in [0.15, 0.2) is 6.29 Å². The maximum absolute atomic E-state index is 12.4. The molecule has 1 amide bonds. The van der Waals surface area contributed by atoms with E-state index < -0.39 is 12.3 Å². The Kier molecular flexibility index (Phi) is 4.51. The van der Waals surface area contributed by atoms with Crippen molar-refractivity contribution < 1.29 is 14.3 Å². The monoisotopic (exact) mass is 314 g/mol. The van der Waals surface area contributed by atoms with Gasteiger partial charge in [-0.25, -0.2) is 0 Å². The third kappa shape index (κ3) is 2.36. The third-order valence-electron chi connectivity index (χ3n) is 3.20. The van der Waals surface area contributed by atoms with Crippen LogP contribution in [0.2, 0.25) is 10.0 Å². The number of rotatable bonds is 4. The largest absolute Gasteiger partial charge is 0.354 e. The first kappa shape index (κ1) is 15.1. The fourth-order valence-corrected chi connectivity index (χ4v) is 2.70. The molecular weight excluding hydrogens is 303 g/mol. The zero-order valence-corrected chi connectivity index (χ0v) is 12.4. The number of fused-ring (bicyclic) bond motifs is 1. The summed E-state index contributed by atoms with van der Waals surface area (Å²) in [4.78, 5) is 13.8. The second-order valence-corrected chi connectivity index (χ2v) is 5.02. The van der Waals surface area contributed by atoms with Gasteiger partial charge in [-0.3, -0.25) is 4.79 Å². The maximum atomic E-state index is 12.4. The Bertz CT molecular complexity index is 582. The molecule has 1 unspecified atom stereocenters. The Balaban J connectivity index is 2.45. The summed E-state index contributed by atoms with van der Waals surface area (Å²) in [5, 5.41) is 9.97. The van der Waals surface area contributed by atoms with Gasteiger partial charge in [-0.1, -0.05) is 23.2 Å². The molecule has 20 heavy (non-hydrogen) atoms. The van der Waals surface area contributed by atoms with Crippen LogP contribution in [0.5, 0.6) is 0 Å². The van der Waals surface area contributed by atoms with Crippen molar-refractivity contribution >= 4 is 29.1 Å². The second kappa shape index (κ2) is 5.98. The van der Waals surface area contributed by atoms with Crippen LogP contribution >= 0.6 is 23.2 Å². The number of hydrogen-bond donors (Lipinski definition) is 0. The predicted molar refractivity (Wildman–Crippen MR) is 73.7 cm³/mol. The number of carbonyl (C=O) groups excluding carboxylic acids is 1. The summed E-state index contributed by atoms with van der Waals surface area (Å²) in [5.41, 5.74) is 0.717. The number of carbonyl (C=O) groups is 1. The zero-order valence-electron chi connectivity index (χ0n) is 10.9. The lowest BCUT2D eigenvalue weighted by molar-refractivity contribution is -0.113. The summed E-state index contributed by atoms with van der Waals surface area (Å²) in [6.07, 6.45) is -0.623. The van der Waals surface area contributed by atoms with Crippen molar-refractivity contribution in [2.24, 2.45) is 0 Å². The number of methoxy groups -OCH3 is 2. The van der Waals surface area contributed by atoms with Gasteiger partial charge in [0.05, 0.1) is 23.2 Å². The molecule has 0 bridgehead atoms. The first-order chi connectivity index (χ1) is 9.54. The molecule has 1 atom stereocenters. The minimum atomic E-state index is -0.795. The molecule has 1 aliphatic rings. The lowest BCUT2D eigenvalue weighted by Crippen LogP contribution is -2.36. The van der Waals surface area contributed by atoms with Gasteiger partial charge in [0.25, 0.3) is 5.91 Å². The van der Waals surface area contributed by atoms with E-state index in [9.17, 15) is 10.1 Å². The van der Waals surface area contributed by atoms with Crippen LogP contribution in [0.25, 0.3) is 0 Å². The van der Waals surface area contributed by atoms with Gasteiger partial charge in [0.2, 0.25) is 0 Å². The fourth-order valence-electron chi connectivity index (χ4n) is 2.20. The van der Waals surface area contributed by atoms with Crippen LogP contribution in [0, 0.1) is 11.3 Å². The van der Waals surface area contributed by atoms with Crippen molar-refractivity contribution in [1.82, 2.24) is 4.90 Å². The van der Waals surface area contributed by atoms with Crippen molar-refractivity contribution in [3.05, 3.63) is 33.3 Å². The van der Waals surface area contributed by atoms with E-state index in [0.717, 1.165) is 0 Å². The number of halogens is 2. The summed E-state index contributed by atoms with van der Waals surface area (Å²) < 4.78 is 10.1. The highest BCUT2D eigenvalue weighted by Crippen LogP contribution is 2.41. The van der Waals surface area contributed by atoms with E-state index in [2.05, 4.69) is 6.07 Å². The van der Waals surface area contributed by atoms with E-state index >= 15 is 0 Å². The quantitative estimate of drug-likeness (QED) is 0.801. The summed E-state index contributed by atoms with van der Waals surface area (Å²) >= 11 is 12.1. The van der Waals surface area contributed by atoms with Crippen molar-refractivity contribution in [3.63, 3.8) is 0 Å². The number of ether oxygens (including phenoxy) is 2. The molecule has 1 heterocycles. The molecule has 0 radical (unpaired) electrons. The molecule has 0 saturated carbocycles. The first-order valence-electron chi connectivity index (χ1n) is 5.79. The van der Waals surface area contributed by atoms with E-state index in [4.69, 9.17) is 32.7 Å². The van der Waals surface area contributed by atoms with E-state index in [1.165, 1.54) is 19.1 Å². The molecular formula is C13H12Cl2N2O3. The van der Waals surface area contributed by atoms with Gasteiger partial charge >= 0.3 is 0 Å². The predicted octanol–water partition coefficient (Wildman–Crippen LogP) is 2.63. The molecule has 1 aromatic carbocycles. The van der Waals surface area contributed by atoms with Crippen molar-refractivity contribution in [1.29, 1.82) is 5.26 Å². The van der Waals surface area contributed by atoms with E-state index in [1.807, 2.05) is 0 Å². The van der Waals surface area contributed by atoms with Crippen molar-refractivity contribution in [3.8, 4) is 6.07 Å². The van der Waals surface area contributed by atoms with Gasteiger partial charge in [0, 0.05) is 24.8 Å². The van der Waals surface area contributed by atoms with Crippen LogP contribution in [-0.2, 0) is 9.47 Å². The van der Waals surface area contributed by atoms with Crippen LogP contribution < -0.4 is 0 Å². The average molecular weight is 315 g/mol. The molecule has 0 aromatic heterocycles. The lowest BCUT2D eigenvalue weighted by atomic mass is 10.1. The topological polar surface area (TPSA) is 62.6 Å². The minimum absolute atomic E-state index is 0.116. The molecule has 1 aliphatic heterocycles. The van der Waals surface area contributed by atoms with Gasteiger partial charge in [-0.05, 0) is 12.1 Å². The number of nitrogens with zero attached hydrogens (tertiary/aromatic N) is 2. The Hall–Kier alpha value is -1.32. The van der Waals surface area contributed by atoms with E-state index in [-0.39, 0.29) is 23.0 Å². The van der Waals surface area contributed by atoms with Crippen molar-refractivity contribution in [2.75, 3.05) is 20.8 Å². The highest BCUT2D eigenvalue weighted by Gasteiger charge is 2.41. The van der Waals surface area contributed by atoms with E-state index in [1.54, 1.807) is 12.1 Å². The van der Waals surface area contributed by atoms with Crippen LogP contribution in [0.1, 0.15) is 22.0 Å². The molecule has 2 rings (SSSR count). The number of nitriles is 1. The smallest absolute Gasteiger partial charge is 0.257 e. The summed E-state index contributed by atoms with van der Waals surface area (Å²) in [6, 6.07) is 4.40. The fraction of sp³-hybridized carbons (Fsp3) is 0.385. The molecule has 0 N–H and O–H groups in total. The SMILES string of the molecule is COC(CN1C(=O)c2c(Cl)ccc(Cl)c2C1C#N)OC. The van der Waals surface area contributed by atoms with Gasteiger partial charge in [-0.15, -0.1) is 0 Å². The standard InChI is InChI=1S/C13H12Cl2N2O3/c1-19-10(20-2)6-17-9(5-16)11-7(14)3-4-8(15)12(11)13(17)18/h3-4,9-10H,6H2,1-2H3. The minimum Gasteiger partial charge on any atom is -0.354 e. The Morgan fingerprint density at radius 2 is 1.95 bits per heavy atom. The average Bonchev–Trinajstić information content (AvgIpc) is 2.74. The van der Waals surface area contributed by atoms with Gasteiger partial charge < -0.3 is 14.4 Å². The van der Waals surface area contributed by atoms with Crippen LogP contribution in [0.4, 0.5) is 0 Å². The Labute approximate surface area is 126 Å². The summed E-state index contributed by atoms with van der Waals surface area (Å²) in [7, 11) is 2.92. The zero-order chi connectivity index (χ0) is 14.9. The number of hydrogen-bond acceptors (Lipinski definition) is 4. The van der Waals surface area contributed by atoms with Crippen molar-refractivity contribution in [2.45, 2.75) is 12.3 Å². The molecule has 106 valence electrons. The highest BCUT2D eigenvalue weighted by atomic mass is 35.5. The molecule has 0 fully saturated rings. The molecule has 0 saturated heterocycles. The van der Waals surface area contributed by atoms with Gasteiger partial charge in [0.1, 0.15) is 6.04 Å². The second-order valence-electron chi connectivity index (χ2n) is 4.21. The highest BCUT2D eigenvalue weighted by molar-refractivity contribution is 6.37. The molecule has 1 aromatic rings. The summed E-state index contributed by atoms with van der Waals surface area (Å²) in [5.74, 6) is -0.349. The van der Waals surface area contributed by atoms with Crippen LogP contribution in [0.15, 0.2) is 12.1 Å². The van der Waals surface area contributed by atoms with Gasteiger partial charge in [-0.2, -0.15) is 5.26 Å². The molecule has 0 aliphatic carbocycles. The Morgan fingerprint density at radius 3 is 2.50 bits per heavy atom. The van der Waals surface area contributed by atoms with E-state index in [0.29, 0.717) is 10.6 Å². The first-order valence-corrected chi connectivity index (χ1v) is 6.54. The third-order valence-corrected chi connectivity index (χ3v) is 3.84. The molecule has 0 spiro atoms. The Morgan fingerprint density at radius 1 is 1.35 bits per heavy atom. The summed E-state index contributed by atoms with van der Waals surface area (Å²) in [6.45, 7) is 0.116. The lowest BCUT2D eigenvalue weighted by Gasteiger charge is -2.24. The number of amides is 1. The normalized spacial score (nSPS) is 17.5. The maximum Gasteiger partial charge on any atom is 0.257 e. The van der Waals surface area contributed by atoms with Crippen LogP contribution in [0.3, 0.4) is 0 Å². The molecule has 5 nitrogen and oxygen atoms in total. The van der Waals surface area contributed by atoms with Crippen LogP contribution in [-0.4, -0.2) is 37.9 Å².